The normalized spacial score (nSPS) is 12.9. The first-order valence-corrected chi connectivity index (χ1v) is 19.9. The molecule has 0 saturated carbocycles. The first kappa shape index (κ1) is 33.2. The molecular weight excluding hydrogens is 717 g/mol. The predicted molar refractivity (Wildman–Crippen MR) is 239 cm³/mol. The van der Waals surface area contributed by atoms with Crippen molar-refractivity contribution >= 4 is 27.2 Å². The fraction of sp³-hybridized carbons (Fsp3) is 0.0182. The molecule has 272 valence electrons. The second-order valence-corrected chi connectivity index (χ2v) is 15.4. The number of fused-ring (bicyclic) bond motifs is 12. The summed E-state index contributed by atoms with van der Waals surface area (Å²) in [6, 6.07) is 68.5. The number of hydrogen-bond acceptors (Lipinski definition) is 3. The van der Waals surface area contributed by atoms with Crippen LogP contribution >= 0.6 is 0 Å². The van der Waals surface area contributed by atoms with Crippen LogP contribution in [0.5, 0.6) is 0 Å². The highest BCUT2D eigenvalue weighted by Crippen LogP contribution is 2.64. The number of aromatic nitrogens is 3. The molecule has 1 aromatic heterocycles. The van der Waals surface area contributed by atoms with Gasteiger partial charge in [-0.2, -0.15) is 0 Å². The summed E-state index contributed by atoms with van der Waals surface area (Å²) in [5.41, 5.74) is 14.8. The topological polar surface area (TPSA) is 43.0 Å². The van der Waals surface area contributed by atoms with Crippen molar-refractivity contribution in [1.29, 1.82) is 0 Å². The molecule has 1 heterocycles. The van der Waals surface area contributed by atoms with Crippen LogP contribution in [0.3, 0.4) is 0 Å². The molecule has 0 N–H and O–H groups in total. The van der Waals surface area contributed by atoms with E-state index in [1.807, 2.05) is 6.07 Å². The quantitative estimate of drug-likeness (QED) is 0.168. The lowest BCUT2D eigenvalue weighted by atomic mass is 9.70. The lowest BCUT2D eigenvalue weighted by Gasteiger charge is -2.30. The van der Waals surface area contributed by atoms with E-state index in [1.54, 1.807) is 0 Å². The molecule has 0 saturated heterocycles. The zero-order valence-corrected chi connectivity index (χ0v) is 31.8. The zero-order chi connectivity index (χ0) is 39.1. The van der Waals surface area contributed by atoms with E-state index in [0.717, 1.165) is 60.5 Å². The minimum Gasteiger partial charge on any atom is -0.238 e. The van der Waals surface area contributed by atoms with Crippen LogP contribution < -0.4 is 0 Å². The molecule has 0 bridgehead atoms. The Kier molecular flexibility index (Phi) is 7.17. The van der Waals surface area contributed by atoms with Crippen molar-refractivity contribution in [1.82, 2.24) is 15.0 Å². The van der Waals surface area contributed by atoms with Crippen molar-refractivity contribution in [2.24, 2.45) is 0 Å². The van der Waals surface area contributed by atoms with Gasteiger partial charge in [0.25, 0.3) is 0 Å². The third kappa shape index (κ3) is 4.80. The Balaban J connectivity index is 1.09. The molecule has 12 rings (SSSR count). The van der Waals surface area contributed by atoms with Gasteiger partial charge in [0.15, 0.2) is 23.2 Å². The number of nitrogens with zero attached hydrogens (tertiary/aromatic N) is 4. The SMILES string of the molecule is [C-]#[N+]c1ccc2c(c1)C1(c3ccccc3-c3ccccc31)c1cccc(-c3cccc(-c4nc(-c5cccc6ccccc56)nc(-c5cccc6ccccc56)n4)c3)c1-2. The van der Waals surface area contributed by atoms with Crippen LogP contribution in [0, 0.1) is 6.57 Å². The average molecular weight is 749 g/mol. The highest BCUT2D eigenvalue weighted by Gasteiger charge is 2.52. The Hall–Kier alpha value is -8.00. The number of hydrogen-bond donors (Lipinski definition) is 0. The van der Waals surface area contributed by atoms with Gasteiger partial charge in [-0.15, -0.1) is 0 Å². The van der Waals surface area contributed by atoms with Gasteiger partial charge in [0.2, 0.25) is 0 Å². The van der Waals surface area contributed by atoms with E-state index < -0.39 is 5.41 Å². The Morgan fingerprint density at radius 3 is 1.51 bits per heavy atom. The molecule has 2 aliphatic carbocycles. The largest absolute Gasteiger partial charge is 0.238 e. The number of rotatable bonds is 4. The third-order valence-corrected chi connectivity index (χ3v) is 12.4. The summed E-state index contributed by atoms with van der Waals surface area (Å²) in [4.78, 5) is 19.6. The van der Waals surface area contributed by atoms with Crippen molar-refractivity contribution in [2.75, 3.05) is 0 Å². The van der Waals surface area contributed by atoms with Crippen LogP contribution in [0.1, 0.15) is 22.3 Å². The van der Waals surface area contributed by atoms with Crippen molar-refractivity contribution in [3.05, 3.63) is 228 Å². The maximum atomic E-state index is 8.03. The van der Waals surface area contributed by atoms with Crippen molar-refractivity contribution in [3.63, 3.8) is 0 Å². The van der Waals surface area contributed by atoms with E-state index >= 15 is 0 Å². The Morgan fingerprint density at radius 2 is 0.847 bits per heavy atom. The molecule has 10 aromatic rings. The van der Waals surface area contributed by atoms with E-state index in [-0.39, 0.29) is 0 Å². The van der Waals surface area contributed by atoms with Crippen molar-refractivity contribution in [3.8, 4) is 67.5 Å². The van der Waals surface area contributed by atoms with E-state index in [9.17, 15) is 0 Å². The van der Waals surface area contributed by atoms with Gasteiger partial charge in [0.05, 0.1) is 12.0 Å². The van der Waals surface area contributed by atoms with E-state index in [0.29, 0.717) is 23.2 Å². The molecule has 0 atom stereocenters. The minimum atomic E-state index is -0.554. The van der Waals surface area contributed by atoms with E-state index in [4.69, 9.17) is 21.5 Å². The molecule has 4 nitrogen and oxygen atoms in total. The molecular formula is C55H32N4. The van der Waals surface area contributed by atoms with Crippen LogP contribution in [0.4, 0.5) is 5.69 Å². The smallest absolute Gasteiger partial charge is 0.187 e. The molecule has 4 heteroatoms. The zero-order valence-electron chi connectivity index (χ0n) is 31.8. The fourth-order valence-corrected chi connectivity index (χ4v) is 9.90. The van der Waals surface area contributed by atoms with E-state index in [1.165, 1.54) is 33.4 Å². The Bertz CT molecular complexity index is 3270. The standard InChI is InChI=1S/C55H32N4/c1-56-38-30-31-46-50(33-38)55(47-27-8-6-22-42(47)43-23-7-9-28-48(43)55)49-29-13-24-41(51(46)49)36-18-10-19-37(32-36)52-57-53(44-25-11-16-34-14-2-4-20-39(34)44)59-54(58-52)45-26-12-17-35-15-3-5-21-40(35)45/h2-33H. The van der Waals surface area contributed by atoms with Crippen molar-refractivity contribution in [2.45, 2.75) is 5.41 Å². The van der Waals surface area contributed by atoms with Gasteiger partial charge in [0, 0.05) is 16.7 Å². The first-order chi connectivity index (χ1) is 29.2. The predicted octanol–water partition coefficient (Wildman–Crippen LogP) is 13.7. The summed E-state index contributed by atoms with van der Waals surface area (Å²) in [5.74, 6) is 1.87. The first-order valence-electron chi connectivity index (χ1n) is 19.9. The van der Waals surface area contributed by atoms with Gasteiger partial charge < -0.3 is 0 Å². The third-order valence-electron chi connectivity index (χ3n) is 12.4. The summed E-state index contributed by atoms with van der Waals surface area (Å²) >= 11 is 0. The minimum absolute atomic E-state index is 0.554. The monoisotopic (exact) mass is 748 g/mol. The molecule has 0 radical (unpaired) electrons. The van der Waals surface area contributed by atoms with Crippen LogP contribution in [-0.2, 0) is 5.41 Å². The van der Waals surface area contributed by atoms with Crippen molar-refractivity contribution < 1.29 is 0 Å². The Labute approximate surface area is 341 Å². The molecule has 0 amide bonds. The van der Waals surface area contributed by atoms with Crippen LogP contribution in [0.15, 0.2) is 194 Å². The van der Waals surface area contributed by atoms with Crippen LogP contribution in [0.25, 0.3) is 93.9 Å². The molecule has 0 aliphatic heterocycles. The second kappa shape index (κ2) is 12.8. The average Bonchev–Trinajstić information content (AvgIpc) is 3.78. The van der Waals surface area contributed by atoms with E-state index in [2.05, 4.69) is 193 Å². The van der Waals surface area contributed by atoms with Gasteiger partial charge in [-0.1, -0.05) is 188 Å². The Morgan fingerprint density at radius 1 is 0.356 bits per heavy atom. The summed E-state index contributed by atoms with van der Waals surface area (Å²) in [6.07, 6.45) is 0. The second-order valence-electron chi connectivity index (χ2n) is 15.4. The van der Waals surface area contributed by atoms with Gasteiger partial charge in [-0.3, -0.25) is 0 Å². The van der Waals surface area contributed by atoms with Gasteiger partial charge in [-0.25, -0.2) is 19.8 Å². The molecule has 1 spiro atoms. The molecule has 2 aliphatic rings. The van der Waals surface area contributed by atoms with Gasteiger partial charge in [-0.05, 0) is 83.2 Å². The fourth-order valence-electron chi connectivity index (χ4n) is 9.90. The molecule has 0 unspecified atom stereocenters. The van der Waals surface area contributed by atoms with Gasteiger partial charge in [0.1, 0.15) is 0 Å². The summed E-state index contributed by atoms with van der Waals surface area (Å²) in [7, 11) is 0. The highest BCUT2D eigenvalue weighted by atomic mass is 15.0. The maximum Gasteiger partial charge on any atom is 0.187 e. The van der Waals surface area contributed by atoms with Crippen LogP contribution in [-0.4, -0.2) is 15.0 Å². The lowest BCUT2D eigenvalue weighted by Crippen LogP contribution is -2.25. The lowest BCUT2D eigenvalue weighted by molar-refractivity contribution is 0.794. The van der Waals surface area contributed by atoms with Crippen LogP contribution in [0.2, 0.25) is 0 Å². The van der Waals surface area contributed by atoms with Gasteiger partial charge >= 0.3 is 0 Å². The summed E-state index contributed by atoms with van der Waals surface area (Å²) in [6.45, 7) is 8.03. The molecule has 0 fully saturated rings. The summed E-state index contributed by atoms with van der Waals surface area (Å²) < 4.78 is 0. The molecule has 9 aromatic carbocycles. The highest BCUT2D eigenvalue weighted by molar-refractivity contribution is 6.01. The maximum absolute atomic E-state index is 8.03. The number of benzene rings is 9. The summed E-state index contributed by atoms with van der Waals surface area (Å²) in [5, 5.41) is 4.45. The molecule has 59 heavy (non-hydrogen) atoms.